The molecule has 0 amide bonds. The molecule has 2 fully saturated rings. The van der Waals surface area contributed by atoms with Gasteiger partial charge in [0.05, 0.1) is 22.9 Å². The Bertz CT molecular complexity index is 783. The van der Waals surface area contributed by atoms with Gasteiger partial charge >= 0.3 is 7.12 Å². The molecule has 1 aromatic carbocycles. The first kappa shape index (κ1) is 17.3. The van der Waals surface area contributed by atoms with E-state index in [1.165, 1.54) is 0 Å². The van der Waals surface area contributed by atoms with Gasteiger partial charge in [-0.2, -0.15) is 5.10 Å². The van der Waals surface area contributed by atoms with E-state index in [1.54, 1.807) is 0 Å². The van der Waals surface area contributed by atoms with Gasteiger partial charge in [0, 0.05) is 22.5 Å². The van der Waals surface area contributed by atoms with E-state index in [0.29, 0.717) is 5.02 Å². The van der Waals surface area contributed by atoms with Gasteiger partial charge in [0.15, 0.2) is 6.23 Å². The van der Waals surface area contributed by atoms with Gasteiger partial charge in [0.1, 0.15) is 0 Å². The molecular formula is C18H24BClN2O3. The van der Waals surface area contributed by atoms with Crippen LogP contribution in [0.1, 0.15) is 53.2 Å². The minimum Gasteiger partial charge on any atom is -0.399 e. The third-order valence-corrected chi connectivity index (χ3v) is 5.98. The molecule has 0 bridgehead atoms. The second-order valence-electron chi connectivity index (χ2n) is 7.93. The first-order valence-electron chi connectivity index (χ1n) is 8.92. The lowest BCUT2D eigenvalue weighted by molar-refractivity contribution is -0.0366. The van der Waals surface area contributed by atoms with Crippen molar-refractivity contribution in [3.05, 3.63) is 23.4 Å². The summed E-state index contributed by atoms with van der Waals surface area (Å²) < 4.78 is 20.2. The maximum atomic E-state index is 6.54. The molecule has 3 heterocycles. The van der Waals surface area contributed by atoms with Crippen LogP contribution in [0.3, 0.4) is 0 Å². The van der Waals surface area contributed by atoms with E-state index in [9.17, 15) is 0 Å². The molecule has 2 saturated heterocycles. The highest BCUT2D eigenvalue weighted by Gasteiger charge is 2.52. The minimum atomic E-state index is -0.488. The number of rotatable bonds is 2. The summed E-state index contributed by atoms with van der Waals surface area (Å²) in [6.45, 7) is 8.95. The fourth-order valence-electron chi connectivity index (χ4n) is 3.38. The normalized spacial score (nSPS) is 25.6. The third kappa shape index (κ3) is 2.89. The molecule has 0 spiro atoms. The van der Waals surface area contributed by atoms with Crippen LogP contribution in [0.5, 0.6) is 0 Å². The van der Waals surface area contributed by atoms with Crippen molar-refractivity contribution in [2.24, 2.45) is 0 Å². The van der Waals surface area contributed by atoms with Crippen LogP contribution in [0.4, 0.5) is 0 Å². The molecule has 1 aromatic heterocycles. The maximum absolute atomic E-state index is 6.54. The van der Waals surface area contributed by atoms with Gasteiger partial charge < -0.3 is 14.0 Å². The minimum absolute atomic E-state index is 0.0152. The zero-order valence-corrected chi connectivity index (χ0v) is 16.0. The number of nitrogens with zero attached hydrogens (tertiary/aromatic N) is 2. The largest absolute Gasteiger partial charge is 0.496 e. The Morgan fingerprint density at radius 2 is 1.88 bits per heavy atom. The highest BCUT2D eigenvalue weighted by atomic mass is 35.5. The number of ether oxygens (including phenoxy) is 1. The predicted octanol–water partition coefficient (Wildman–Crippen LogP) is 3.69. The van der Waals surface area contributed by atoms with Crippen molar-refractivity contribution >= 4 is 35.1 Å². The molecule has 4 rings (SSSR count). The molecule has 1 unspecified atom stereocenters. The molecular weight excluding hydrogens is 338 g/mol. The molecule has 7 heteroatoms. The van der Waals surface area contributed by atoms with Crippen molar-refractivity contribution in [3.63, 3.8) is 0 Å². The van der Waals surface area contributed by atoms with E-state index in [1.807, 2.05) is 50.7 Å². The van der Waals surface area contributed by atoms with Gasteiger partial charge in [-0.1, -0.05) is 11.6 Å². The van der Waals surface area contributed by atoms with Crippen molar-refractivity contribution < 1.29 is 14.0 Å². The number of benzene rings is 1. The van der Waals surface area contributed by atoms with Crippen LogP contribution in [0.25, 0.3) is 10.9 Å². The van der Waals surface area contributed by atoms with Crippen molar-refractivity contribution in [2.45, 2.75) is 64.4 Å². The smallest absolute Gasteiger partial charge is 0.399 e. The van der Waals surface area contributed by atoms with Crippen molar-refractivity contribution in [2.75, 3.05) is 6.61 Å². The summed E-state index contributed by atoms with van der Waals surface area (Å²) >= 11 is 6.54. The summed E-state index contributed by atoms with van der Waals surface area (Å²) in [5.41, 5.74) is 1.04. The van der Waals surface area contributed by atoms with Crippen molar-refractivity contribution in [1.29, 1.82) is 0 Å². The zero-order valence-electron chi connectivity index (χ0n) is 15.2. The fourth-order valence-corrected chi connectivity index (χ4v) is 3.64. The maximum Gasteiger partial charge on any atom is 0.496 e. The molecule has 5 nitrogen and oxygen atoms in total. The SMILES string of the molecule is CC1(C)OB(c2cc3c(cnn3C3CCCCO3)cc2Cl)OC1(C)C. The number of hydrogen-bond donors (Lipinski definition) is 0. The third-order valence-electron chi connectivity index (χ3n) is 5.65. The molecule has 1 atom stereocenters. The second-order valence-corrected chi connectivity index (χ2v) is 8.34. The number of halogens is 1. The Hall–Kier alpha value is -1.08. The van der Waals surface area contributed by atoms with Crippen LogP contribution >= 0.6 is 11.6 Å². The Balaban J connectivity index is 1.74. The average molecular weight is 363 g/mol. The molecule has 0 N–H and O–H groups in total. The standard InChI is InChI=1S/C18H24BClN2O3/c1-17(2)18(3,4)25-19(24-17)13-10-15-12(9-14(13)20)11-21-22(15)16-7-5-6-8-23-16/h9-11,16H,5-8H2,1-4H3. The Labute approximate surface area is 153 Å². The van der Waals surface area contributed by atoms with Gasteiger partial charge in [0.25, 0.3) is 0 Å². The first-order chi connectivity index (χ1) is 11.8. The van der Waals surface area contributed by atoms with Crippen molar-refractivity contribution in [3.8, 4) is 0 Å². The van der Waals surface area contributed by atoms with E-state index in [2.05, 4.69) is 5.10 Å². The molecule has 2 aliphatic rings. The lowest BCUT2D eigenvalue weighted by Crippen LogP contribution is -2.41. The highest BCUT2D eigenvalue weighted by molar-refractivity contribution is 6.66. The summed E-state index contributed by atoms with van der Waals surface area (Å²) in [5, 5.41) is 6.17. The molecule has 2 aliphatic heterocycles. The monoisotopic (exact) mass is 362 g/mol. The van der Waals surface area contributed by atoms with Gasteiger partial charge in [-0.25, -0.2) is 4.68 Å². The van der Waals surface area contributed by atoms with Crippen LogP contribution in [-0.2, 0) is 14.0 Å². The second kappa shape index (κ2) is 5.98. The van der Waals surface area contributed by atoms with Crippen molar-refractivity contribution in [1.82, 2.24) is 9.78 Å². The summed E-state index contributed by atoms with van der Waals surface area (Å²) in [6, 6.07) is 3.97. The zero-order chi connectivity index (χ0) is 17.8. The molecule has 0 radical (unpaired) electrons. The van der Waals surface area contributed by atoms with Crippen LogP contribution in [0.15, 0.2) is 18.3 Å². The quantitative estimate of drug-likeness (QED) is 0.764. The molecule has 0 saturated carbocycles. The topological polar surface area (TPSA) is 45.5 Å². The lowest BCUT2D eigenvalue weighted by Gasteiger charge is -2.32. The number of aromatic nitrogens is 2. The Morgan fingerprint density at radius 1 is 1.16 bits per heavy atom. The highest BCUT2D eigenvalue weighted by Crippen LogP contribution is 2.37. The van der Waals surface area contributed by atoms with Gasteiger partial charge in [-0.3, -0.25) is 0 Å². The average Bonchev–Trinajstić information content (AvgIpc) is 3.05. The molecule has 2 aromatic rings. The van der Waals surface area contributed by atoms with Crippen LogP contribution in [0, 0.1) is 0 Å². The van der Waals surface area contributed by atoms with Gasteiger partial charge in [-0.05, 0) is 59.1 Å². The van der Waals surface area contributed by atoms with E-state index in [4.69, 9.17) is 25.6 Å². The predicted molar refractivity (Wildman–Crippen MR) is 99.3 cm³/mol. The molecule has 134 valence electrons. The van der Waals surface area contributed by atoms with E-state index < -0.39 is 18.3 Å². The van der Waals surface area contributed by atoms with E-state index in [-0.39, 0.29) is 6.23 Å². The summed E-state index contributed by atoms with van der Waals surface area (Å²) in [6.07, 6.45) is 5.07. The summed E-state index contributed by atoms with van der Waals surface area (Å²) in [4.78, 5) is 0. The van der Waals surface area contributed by atoms with Crippen LogP contribution in [-0.4, -0.2) is 34.7 Å². The van der Waals surface area contributed by atoms with Crippen LogP contribution < -0.4 is 5.46 Å². The van der Waals surface area contributed by atoms with E-state index >= 15 is 0 Å². The Kier molecular flexibility index (Phi) is 4.15. The summed E-state index contributed by atoms with van der Waals surface area (Å²) in [5.74, 6) is 0. The van der Waals surface area contributed by atoms with E-state index in [0.717, 1.165) is 42.2 Å². The fraction of sp³-hybridized carbons (Fsp3) is 0.611. The lowest BCUT2D eigenvalue weighted by atomic mass is 9.78. The number of hydrogen-bond acceptors (Lipinski definition) is 4. The molecule has 25 heavy (non-hydrogen) atoms. The summed E-state index contributed by atoms with van der Waals surface area (Å²) in [7, 11) is -0.488. The van der Waals surface area contributed by atoms with Gasteiger partial charge in [0.2, 0.25) is 0 Å². The first-order valence-corrected chi connectivity index (χ1v) is 9.30. The number of fused-ring (bicyclic) bond motifs is 1. The van der Waals surface area contributed by atoms with Crippen LogP contribution in [0.2, 0.25) is 5.02 Å². The van der Waals surface area contributed by atoms with Gasteiger partial charge in [-0.15, -0.1) is 0 Å². The molecule has 0 aliphatic carbocycles. The Morgan fingerprint density at radius 3 is 2.52 bits per heavy atom.